The largest absolute Gasteiger partial charge is 0.390 e. The average Bonchev–Trinajstić information content (AvgIpc) is 2.18. The van der Waals surface area contributed by atoms with Crippen molar-refractivity contribution in [2.75, 3.05) is 5.33 Å². The number of pyridine rings is 1. The minimum Gasteiger partial charge on any atom is -0.390 e. The fourth-order valence-electron chi connectivity index (χ4n) is 1.05. The van der Waals surface area contributed by atoms with Gasteiger partial charge in [-0.25, -0.2) is 4.98 Å². The van der Waals surface area contributed by atoms with Gasteiger partial charge in [-0.15, -0.1) is 0 Å². The number of aliphatic hydroxyl groups is 2. The van der Waals surface area contributed by atoms with E-state index in [0.29, 0.717) is 21.9 Å². The van der Waals surface area contributed by atoms with Crippen molar-refractivity contribution in [2.24, 2.45) is 0 Å². The molecule has 5 heteroatoms. The van der Waals surface area contributed by atoms with Crippen molar-refractivity contribution in [1.29, 1.82) is 0 Å². The third-order valence-electron chi connectivity index (χ3n) is 1.86. The summed E-state index contributed by atoms with van der Waals surface area (Å²) in [5.41, 5.74) is 0.627. The van der Waals surface area contributed by atoms with E-state index in [1.54, 1.807) is 18.3 Å². The highest BCUT2D eigenvalue weighted by Crippen LogP contribution is 2.19. The third-order valence-corrected chi connectivity index (χ3v) is 2.79. The Balaban J connectivity index is 2.68. The van der Waals surface area contributed by atoms with Crippen LogP contribution in [0.3, 0.4) is 0 Å². The number of aliphatic hydroxyl groups excluding tert-OH is 2. The second-order valence-corrected chi connectivity index (χ2v) is 4.51. The summed E-state index contributed by atoms with van der Waals surface area (Å²) in [5, 5.41) is 19.9. The van der Waals surface area contributed by atoms with Gasteiger partial charge < -0.3 is 10.2 Å². The number of aromatic nitrogens is 1. The van der Waals surface area contributed by atoms with Gasteiger partial charge in [-0.2, -0.15) is 0 Å². The van der Waals surface area contributed by atoms with Crippen LogP contribution in [-0.2, 0) is 0 Å². The Morgan fingerprint density at radius 1 is 1.36 bits per heavy atom. The van der Waals surface area contributed by atoms with E-state index in [1.807, 2.05) is 0 Å². The van der Waals surface area contributed by atoms with Crippen LogP contribution in [0.25, 0.3) is 0 Å². The number of nitrogens with zero attached hydrogens (tertiary/aromatic N) is 1. The van der Waals surface area contributed by atoms with Gasteiger partial charge in [-0.3, -0.25) is 0 Å². The molecule has 0 aromatic carbocycles. The van der Waals surface area contributed by atoms with Gasteiger partial charge in [0.1, 0.15) is 10.7 Å². The van der Waals surface area contributed by atoms with Gasteiger partial charge in [-0.1, -0.05) is 22.0 Å². The molecule has 78 valence electrons. The summed E-state index contributed by atoms with van der Waals surface area (Å²) >= 11 is 6.41. The molecular formula is C9H11Br2NO2. The van der Waals surface area contributed by atoms with Crippen molar-refractivity contribution in [2.45, 2.75) is 18.6 Å². The first-order chi connectivity index (χ1) is 6.65. The topological polar surface area (TPSA) is 53.4 Å². The molecule has 14 heavy (non-hydrogen) atoms. The minimum atomic E-state index is -0.867. The number of hydrogen-bond acceptors (Lipinski definition) is 3. The molecule has 0 spiro atoms. The predicted molar refractivity (Wildman–Crippen MR) is 61.3 cm³/mol. The second kappa shape index (κ2) is 5.80. The molecule has 2 unspecified atom stereocenters. The highest BCUT2D eigenvalue weighted by Gasteiger charge is 2.17. The highest BCUT2D eigenvalue weighted by atomic mass is 79.9. The molecule has 3 nitrogen and oxygen atoms in total. The van der Waals surface area contributed by atoms with Crippen molar-refractivity contribution >= 4 is 31.9 Å². The maximum Gasteiger partial charge on any atom is 0.106 e. The number of alkyl halides is 1. The Kier molecular flexibility index (Phi) is 5.01. The zero-order valence-corrected chi connectivity index (χ0v) is 10.6. The van der Waals surface area contributed by atoms with E-state index in [2.05, 4.69) is 36.8 Å². The normalized spacial score (nSPS) is 15.1. The van der Waals surface area contributed by atoms with Crippen molar-refractivity contribution in [3.05, 3.63) is 28.5 Å². The van der Waals surface area contributed by atoms with E-state index >= 15 is 0 Å². The van der Waals surface area contributed by atoms with E-state index in [9.17, 15) is 10.2 Å². The average molecular weight is 325 g/mol. The fourth-order valence-corrected chi connectivity index (χ4v) is 1.76. The quantitative estimate of drug-likeness (QED) is 0.658. The molecule has 2 N–H and O–H groups in total. The van der Waals surface area contributed by atoms with Crippen LogP contribution < -0.4 is 0 Å². The van der Waals surface area contributed by atoms with Crippen LogP contribution in [0.1, 0.15) is 18.1 Å². The molecule has 1 rings (SSSR count). The summed E-state index contributed by atoms with van der Waals surface area (Å²) < 4.78 is 0.712. The predicted octanol–water partition coefficient (Wildman–Crippen LogP) is 2.02. The van der Waals surface area contributed by atoms with Gasteiger partial charge in [0.05, 0.1) is 6.10 Å². The summed E-state index contributed by atoms with van der Waals surface area (Å²) in [6.45, 7) is 0. The first-order valence-corrected chi connectivity index (χ1v) is 6.10. The summed E-state index contributed by atoms with van der Waals surface area (Å²) in [5.74, 6) is 0. The van der Waals surface area contributed by atoms with Gasteiger partial charge in [-0.05, 0) is 28.4 Å². The second-order valence-electron chi connectivity index (χ2n) is 2.90. The Labute approximate surface area is 99.4 Å². The molecule has 0 bridgehead atoms. The minimum absolute atomic E-state index is 0.511. The molecule has 2 atom stereocenters. The Hall–Kier alpha value is 0.0300. The summed E-state index contributed by atoms with van der Waals surface area (Å²) in [6, 6.07) is 3.47. The maximum absolute atomic E-state index is 9.68. The summed E-state index contributed by atoms with van der Waals surface area (Å²) in [7, 11) is 0. The number of hydrogen-bond donors (Lipinski definition) is 2. The Morgan fingerprint density at radius 3 is 2.57 bits per heavy atom. The first-order valence-electron chi connectivity index (χ1n) is 4.18. The molecule has 0 saturated heterocycles. The first kappa shape index (κ1) is 12.1. The zero-order chi connectivity index (χ0) is 10.6. The lowest BCUT2D eigenvalue weighted by atomic mass is 10.1. The van der Waals surface area contributed by atoms with Gasteiger partial charge in [0, 0.05) is 17.1 Å². The number of halogens is 2. The molecule has 0 amide bonds. The van der Waals surface area contributed by atoms with Crippen molar-refractivity contribution < 1.29 is 10.2 Å². The van der Waals surface area contributed by atoms with E-state index in [4.69, 9.17) is 0 Å². The smallest absolute Gasteiger partial charge is 0.106 e. The fraction of sp³-hybridized carbons (Fsp3) is 0.444. The van der Waals surface area contributed by atoms with Crippen molar-refractivity contribution in [3.8, 4) is 0 Å². The SMILES string of the molecule is OC(CCBr)C(O)c1ccc(Br)nc1. The lowest BCUT2D eigenvalue weighted by Crippen LogP contribution is -2.18. The molecule has 1 aromatic rings. The van der Waals surface area contributed by atoms with Crippen LogP contribution in [0.4, 0.5) is 0 Å². The summed E-state index contributed by atoms with van der Waals surface area (Å²) in [4.78, 5) is 3.98. The van der Waals surface area contributed by atoms with E-state index in [1.165, 1.54) is 0 Å². The van der Waals surface area contributed by atoms with Crippen molar-refractivity contribution in [3.63, 3.8) is 0 Å². The van der Waals surface area contributed by atoms with Gasteiger partial charge in [0.15, 0.2) is 0 Å². The Morgan fingerprint density at radius 2 is 2.07 bits per heavy atom. The molecule has 0 fully saturated rings. The monoisotopic (exact) mass is 323 g/mol. The maximum atomic E-state index is 9.68. The van der Waals surface area contributed by atoms with Crippen LogP contribution in [0.2, 0.25) is 0 Å². The van der Waals surface area contributed by atoms with E-state index < -0.39 is 12.2 Å². The van der Waals surface area contributed by atoms with Crippen molar-refractivity contribution in [1.82, 2.24) is 4.98 Å². The van der Waals surface area contributed by atoms with Crippen LogP contribution in [-0.4, -0.2) is 26.6 Å². The highest BCUT2D eigenvalue weighted by molar-refractivity contribution is 9.10. The van der Waals surface area contributed by atoms with Gasteiger partial charge in [0.2, 0.25) is 0 Å². The molecule has 0 aliphatic rings. The molecular weight excluding hydrogens is 314 g/mol. The van der Waals surface area contributed by atoms with Crippen LogP contribution in [0, 0.1) is 0 Å². The lowest BCUT2D eigenvalue weighted by molar-refractivity contribution is 0.0171. The van der Waals surface area contributed by atoms with E-state index in [-0.39, 0.29) is 0 Å². The summed E-state index contributed by atoms with van der Waals surface area (Å²) in [6.07, 6.45) is 0.439. The zero-order valence-electron chi connectivity index (χ0n) is 7.40. The Bertz CT molecular complexity index is 279. The molecule has 0 saturated carbocycles. The van der Waals surface area contributed by atoms with E-state index in [0.717, 1.165) is 0 Å². The third kappa shape index (κ3) is 3.31. The molecule has 0 aliphatic carbocycles. The van der Waals surface area contributed by atoms with Gasteiger partial charge >= 0.3 is 0 Å². The van der Waals surface area contributed by atoms with Crippen LogP contribution >= 0.6 is 31.9 Å². The van der Waals surface area contributed by atoms with Gasteiger partial charge in [0.25, 0.3) is 0 Å². The molecule has 1 aromatic heterocycles. The van der Waals surface area contributed by atoms with Crippen LogP contribution in [0.15, 0.2) is 22.9 Å². The van der Waals surface area contributed by atoms with Crippen LogP contribution in [0.5, 0.6) is 0 Å². The standard InChI is InChI=1S/C9H11Br2NO2/c10-4-3-7(13)9(14)6-1-2-8(11)12-5-6/h1-2,5,7,9,13-14H,3-4H2. The molecule has 1 heterocycles. The lowest BCUT2D eigenvalue weighted by Gasteiger charge is -2.16. The molecule has 0 radical (unpaired) electrons. The molecule has 0 aliphatic heterocycles. The number of rotatable bonds is 4.